The highest BCUT2D eigenvalue weighted by Crippen LogP contribution is 2.54. The van der Waals surface area contributed by atoms with Gasteiger partial charge in [0.15, 0.2) is 0 Å². The first-order chi connectivity index (χ1) is 11.2. The minimum Gasteiger partial charge on any atom is -0.480 e. The molecule has 3 rings (SSSR count). The molecule has 2 aliphatic rings. The number of β-lactam (4-membered cyclic amide) rings is 1. The van der Waals surface area contributed by atoms with Gasteiger partial charge in [-0.3, -0.25) is 9.59 Å². The molecule has 5 atom stereocenters. The molecule has 4 unspecified atom stereocenters. The highest BCUT2D eigenvalue weighted by Gasteiger charge is 2.64. The van der Waals surface area contributed by atoms with Crippen LogP contribution in [0.4, 0.5) is 0 Å². The number of hydrogen-bond acceptors (Lipinski definition) is 4. The Morgan fingerprint density at radius 3 is 2.50 bits per heavy atom. The van der Waals surface area contributed by atoms with Crippen LogP contribution in [0, 0.1) is 0 Å². The fourth-order valence-corrected chi connectivity index (χ4v) is 6.14. The molecule has 128 valence electrons. The van der Waals surface area contributed by atoms with Crippen molar-refractivity contribution in [1.29, 1.82) is 0 Å². The van der Waals surface area contributed by atoms with Crippen molar-refractivity contribution in [3.8, 4) is 0 Å². The third-order valence-electron chi connectivity index (χ3n) is 4.41. The van der Waals surface area contributed by atoms with Gasteiger partial charge in [0.2, 0.25) is 11.8 Å². The maximum atomic E-state index is 12.7. The Kier molecular flexibility index (Phi) is 4.54. The van der Waals surface area contributed by atoms with Gasteiger partial charge in [-0.05, 0) is 12.5 Å². The lowest BCUT2D eigenvalue weighted by Crippen LogP contribution is -2.75. The molecule has 2 heterocycles. The van der Waals surface area contributed by atoms with Crippen molar-refractivity contribution in [1.82, 2.24) is 10.2 Å². The fourth-order valence-electron chi connectivity index (χ4n) is 3.28. The number of rotatable bonds is 3. The van der Waals surface area contributed by atoms with Crippen LogP contribution in [0.15, 0.2) is 30.3 Å². The molecule has 24 heavy (non-hydrogen) atoms. The maximum Gasteiger partial charge on any atom is 0.327 e. The summed E-state index contributed by atoms with van der Waals surface area (Å²) in [4.78, 5) is 37.5. The van der Waals surface area contributed by atoms with Crippen molar-refractivity contribution in [3.63, 3.8) is 0 Å². The van der Waals surface area contributed by atoms with Gasteiger partial charge in [-0.15, -0.1) is 11.8 Å². The van der Waals surface area contributed by atoms with E-state index in [2.05, 4.69) is 5.32 Å². The number of carboxylic acids is 1. The summed E-state index contributed by atoms with van der Waals surface area (Å²) in [5, 5.41) is 11.9. The number of halogens is 1. The predicted molar refractivity (Wildman–Crippen MR) is 98.9 cm³/mol. The second-order valence-corrected chi connectivity index (χ2v) is 9.68. The van der Waals surface area contributed by atoms with E-state index in [-0.39, 0.29) is 23.1 Å². The number of carbonyl (C=O) groups excluding carboxylic acids is 2. The van der Waals surface area contributed by atoms with Crippen LogP contribution in [-0.2, 0) is 14.4 Å². The summed E-state index contributed by atoms with van der Waals surface area (Å²) in [5.41, 5.74) is 0.874. The first-order valence-corrected chi connectivity index (χ1v) is 9.48. The molecule has 0 bridgehead atoms. The minimum absolute atomic E-state index is 0.171. The van der Waals surface area contributed by atoms with E-state index < -0.39 is 20.8 Å². The lowest BCUT2D eigenvalue weighted by Gasteiger charge is -2.58. The average molecular weight is 460 g/mol. The Hall–Kier alpha value is -1.29. The summed E-state index contributed by atoms with van der Waals surface area (Å²) < 4.78 is -0.812. The van der Waals surface area contributed by atoms with Crippen molar-refractivity contribution in [3.05, 3.63) is 35.9 Å². The molecule has 0 saturated carbocycles. The first-order valence-electron chi connectivity index (χ1n) is 7.46. The average Bonchev–Trinajstić information content (AvgIpc) is 2.50. The summed E-state index contributed by atoms with van der Waals surface area (Å²) >= 11 is 3.49. The van der Waals surface area contributed by atoms with E-state index in [1.54, 1.807) is 6.92 Å². The van der Waals surface area contributed by atoms with Gasteiger partial charge in [0.25, 0.3) is 0 Å². The van der Waals surface area contributed by atoms with Crippen LogP contribution in [0.1, 0.15) is 25.3 Å². The third-order valence-corrected chi connectivity index (χ3v) is 7.70. The minimum atomic E-state index is -1.05. The predicted octanol–water partition coefficient (Wildman–Crippen LogP) is 1.79. The molecular formula is C16H17IN2O4S. The number of carbonyl (C=O) groups is 3. The lowest BCUT2D eigenvalue weighted by atomic mass is 9.85. The van der Waals surface area contributed by atoms with Gasteiger partial charge in [-0.25, -0.2) is 4.79 Å². The number of fused-ring (bicyclic) bond motifs is 1. The summed E-state index contributed by atoms with van der Waals surface area (Å²) in [6, 6.07) is 8.37. The number of amides is 2. The first kappa shape index (κ1) is 17.5. The van der Waals surface area contributed by atoms with Crippen molar-refractivity contribution in [2.75, 3.05) is 0 Å². The molecule has 2 N–H and O–H groups in total. The normalized spacial score (nSPS) is 35.0. The number of carboxylic acid groups (broad SMARTS) is 1. The standard InChI is InChI=1S/C16H17IN2O4S/c1-8(20)18-15-16(2,17)11(14(22)23)19-12(21)10(13(19)24-15)9-6-4-3-5-7-9/h3-7,10-11,13,15H,1-2H3,(H,18,20)(H,22,23)/t10?,11?,13-,15?,16?/m1/s1. The second kappa shape index (κ2) is 6.21. The van der Waals surface area contributed by atoms with Crippen LogP contribution < -0.4 is 5.32 Å². The lowest BCUT2D eigenvalue weighted by molar-refractivity contribution is -0.162. The number of alkyl halides is 1. The highest BCUT2D eigenvalue weighted by molar-refractivity contribution is 14.1. The second-order valence-electron chi connectivity index (χ2n) is 6.13. The summed E-state index contributed by atoms with van der Waals surface area (Å²) in [6.07, 6.45) is 0. The van der Waals surface area contributed by atoms with E-state index in [4.69, 9.17) is 0 Å². The molecule has 0 spiro atoms. The van der Waals surface area contributed by atoms with Crippen molar-refractivity contribution < 1.29 is 19.5 Å². The molecule has 2 fully saturated rings. The molecule has 8 heteroatoms. The molecule has 1 aromatic rings. The Bertz CT molecular complexity index is 697. The molecule has 2 saturated heterocycles. The molecule has 0 aliphatic carbocycles. The van der Waals surface area contributed by atoms with Crippen molar-refractivity contribution in [2.24, 2.45) is 0 Å². The number of nitrogens with zero attached hydrogens (tertiary/aromatic N) is 1. The topological polar surface area (TPSA) is 86.7 Å². The van der Waals surface area contributed by atoms with Crippen molar-refractivity contribution in [2.45, 2.75) is 40.0 Å². The summed E-state index contributed by atoms with van der Waals surface area (Å²) in [6.45, 7) is 3.18. The molecular weight excluding hydrogens is 443 g/mol. The van der Waals surface area contributed by atoms with Crippen LogP contribution >= 0.6 is 34.4 Å². The smallest absolute Gasteiger partial charge is 0.327 e. The Morgan fingerprint density at radius 1 is 1.33 bits per heavy atom. The zero-order chi connectivity index (χ0) is 17.6. The SMILES string of the molecule is CC(=O)NC1S[C@@H]2C(c3ccccc3)C(=O)N2C(C(=O)O)C1(C)I. The van der Waals surface area contributed by atoms with Crippen LogP contribution in [0.25, 0.3) is 0 Å². The van der Waals surface area contributed by atoms with E-state index in [1.807, 2.05) is 52.9 Å². The van der Waals surface area contributed by atoms with Crippen LogP contribution in [0.3, 0.4) is 0 Å². The van der Waals surface area contributed by atoms with E-state index in [9.17, 15) is 19.5 Å². The maximum absolute atomic E-state index is 12.7. The van der Waals surface area contributed by atoms with E-state index in [1.165, 1.54) is 23.6 Å². The van der Waals surface area contributed by atoms with Gasteiger partial charge in [0.1, 0.15) is 6.04 Å². The largest absolute Gasteiger partial charge is 0.480 e. The van der Waals surface area contributed by atoms with Crippen LogP contribution in [0.5, 0.6) is 0 Å². The zero-order valence-corrected chi connectivity index (χ0v) is 16.1. The van der Waals surface area contributed by atoms with Crippen LogP contribution in [0.2, 0.25) is 0 Å². The molecule has 0 radical (unpaired) electrons. The molecule has 0 aromatic heterocycles. The highest BCUT2D eigenvalue weighted by atomic mass is 127. The van der Waals surface area contributed by atoms with E-state index in [0.29, 0.717) is 0 Å². The van der Waals surface area contributed by atoms with Gasteiger partial charge in [0, 0.05) is 6.92 Å². The fraction of sp³-hybridized carbons (Fsp3) is 0.438. The van der Waals surface area contributed by atoms with Gasteiger partial charge in [0.05, 0.1) is 20.1 Å². The molecule has 1 aromatic carbocycles. The van der Waals surface area contributed by atoms with Crippen LogP contribution in [-0.4, -0.2) is 48.0 Å². The molecule has 2 amide bonds. The quantitative estimate of drug-likeness (QED) is 0.408. The third kappa shape index (κ3) is 2.69. The van der Waals surface area contributed by atoms with Crippen molar-refractivity contribution >= 4 is 52.1 Å². The number of benzene rings is 1. The molecule has 2 aliphatic heterocycles. The number of hydrogen-bond donors (Lipinski definition) is 2. The van der Waals surface area contributed by atoms with Gasteiger partial charge >= 0.3 is 5.97 Å². The number of aliphatic carboxylic acids is 1. The number of nitrogens with one attached hydrogen (secondary N) is 1. The Balaban J connectivity index is 1.97. The number of thioether (sulfide) groups is 1. The monoisotopic (exact) mass is 460 g/mol. The van der Waals surface area contributed by atoms with E-state index >= 15 is 0 Å². The van der Waals surface area contributed by atoms with Gasteiger partial charge in [-0.1, -0.05) is 52.9 Å². The Labute approximate surface area is 157 Å². The Morgan fingerprint density at radius 2 is 1.96 bits per heavy atom. The zero-order valence-electron chi connectivity index (χ0n) is 13.1. The van der Waals surface area contributed by atoms with Gasteiger partial charge in [-0.2, -0.15) is 0 Å². The molecule has 6 nitrogen and oxygen atoms in total. The van der Waals surface area contributed by atoms with Gasteiger partial charge < -0.3 is 15.3 Å². The summed E-state index contributed by atoms with van der Waals surface area (Å²) in [5.74, 6) is -1.81. The van der Waals surface area contributed by atoms with E-state index in [0.717, 1.165) is 5.56 Å². The summed E-state index contributed by atoms with van der Waals surface area (Å²) in [7, 11) is 0.